The van der Waals surface area contributed by atoms with Crippen molar-refractivity contribution >= 4 is 0 Å². The van der Waals surface area contributed by atoms with Gasteiger partial charge >= 0.3 is 0 Å². The molecule has 16 N–H and O–H groups in total. The molecule has 0 amide bonds. The van der Waals surface area contributed by atoms with E-state index in [0.29, 0.717) is 49.8 Å². The lowest BCUT2D eigenvalue weighted by molar-refractivity contribution is 0.399. The molecule has 0 aliphatic carbocycles. The lowest BCUT2D eigenvalue weighted by Crippen LogP contribution is -2.49. The first-order chi connectivity index (χ1) is 18.2. The van der Waals surface area contributed by atoms with E-state index in [1.165, 1.54) is 0 Å². The molecular weight excluding hydrogens is 480 g/mol. The SMILES string of the molecule is CC(N)CNC(C)CNC(C)CNC(C)CNC(C)CNC(C)CN.NCCNCCNCCNCCN. The van der Waals surface area contributed by atoms with Crippen LogP contribution in [0.1, 0.15) is 41.5 Å². The molecule has 0 aliphatic heterocycles. The van der Waals surface area contributed by atoms with E-state index >= 15 is 0 Å². The highest BCUT2D eigenvalue weighted by atomic mass is 15.1. The number of nitrogens with one attached hydrogen (secondary N) is 8. The normalized spacial score (nSPS) is 16.3. The molecule has 0 heterocycles. The molecule has 6 atom stereocenters. The Bertz CT molecular complexity index is 448. The second-order valence-electron chi connectivity index (χ2n) is 10.6. The van der Waals surface area contributed by atoms with E-state index in [0.717, 1.165) is 72.0 Å². The van der Waals surface area contributed by atoms with Gasteiger partial charge in [-0.3, -0.25) is 0 Å². The molecular formula is C26H68N12. The van der Waals surface area contributed by atoms with Crippen LogP contribution in [0.2, 0.25) is 0 Å². The molecule has 0 radical (unpaired) electrons. The highest BCUT2D eigenvalue weighted by Crippen LogP contribution is 1.88. The molecule has 12 nitrogen and oxygen atoms in total. The number of nitrogens with two attached hydrogens (primary N) is 4. The maximum atomic E-state index is 5.76. The largest absolute Gasteiger partial charge is 0.329 e. The van der Waals surface area contributed by atoms with Crippen molar-refractivity contribution in [3.63, 3.8) is 0 Å². The Morgan fingerprint density at radius 2 is 0.711 bits per heavy atom. The lowest BCUT2D eigenvalue weighted by atomic mass is 10.2. The van der Waals surface area contributed by atoms with Crippen LogP contribution in [0.25, 0.3) is 0 Å². The molecule has 0 aromatic heterocycles. The number of hydrogen-bond acceptors (Lipinski definition) is 12. The van der Waals surface area contributed by atoms with Crippen molar-refractivity contribution in [2.75, 3.05) is 91.6 Å². The molecule has 6 unspecified atom stereocenters. The van der Waals surface area contributed by atoms with Gasteiger partial charge in [0.15, 0.2) is 0 Å². The van der Waals surface area contributed by atoms with Crippen LogP contribution >= 0.6 is 0 Å². The Morgan fingerprint density at radius 3 is 1.00 bits per heavy atom. The average Bonchev–Trinajstić information content (AvgIpc) is 2.90. The van der Waals surface area contributed by atoms with Crippen LogP contribution in [0.3, 0.4) is 0 Å². The Kier molecular flexibility index (Phi) is 30.8. The van der Waals surface area contributed by atoms with Gasteiger partial charge in [0, 0.05) is 128 Å². The van der Waals surface area contributed by atoms with Gasteiger partial charge in [0.25, 0.3) is 0 Å². The van der Waals surface area contributed by atoms with E-state index in [9.17, 15) is 0 Å². The first kappa shape index (κ1) is 39.7. The minimum Gasteiger partial charge on any atom is -0.329 e. The summed E-state index contributed by atoms with van der Waals surface area (Å²) in [6, 6.07) is 2.31. The zero-order chi connectivity index (χ0) is 29.0. The third kappa shape index (κ3) is 31.7. The van der Waals surface area contributed by atoms with Gasteiger partial charge < -0.3 is 65.5 Å². The Balaban J connectivity index is 0. The number of rotatable bonds is 26. The van der Waals surface area contributed by atoms with Gasteiger partial charge in [0.05, 0.1) is 0 Å². The monoisotopic (exact) mass is 549 g/mol. The summed E-state index contributed by atoms with van der Waals surface area (Å²) in [5.74, 6) is 0. The summed E-state index contributed by atoms with van der Waals surface area (Å²) < 4.78 is 0. The van der Waals surface area contributed by atoms with Crippen LogP contribution in [0, 0.1) is 0 Å². The van der Waals surface area contributed by atoms with Crippen molar-refractivity contribution in [3.05, 3.63) is 0 Å². The molecule has 232 valence electrons. The lowest BCUT2D eigenvalue weighted by Gasteiger charge is -2.23. The third-order valence-corrected chi connectivity index (χ3v) is 5.83. The minimum absolute atomic E-state index is 0.200. The van der Waals surface area contributed by atoms with Gasteiger partial charge in [0.2, 0.25) is 0 Å². The minimum atomic E-state index is 0.200. The molecule has 12 heteroatoms. The maximum absolute atomic E-state index is 5.76. The van der Waals surface area contributed by atoms with E-state index in [-0.39, 0.29) is 6.04 Å². The van der Waals surface area contributed by atoms with Crippen LogP contribution in [-0.2, 0) is 0 Å². The van der Waals surface area contributed by atoms with Crippen LogP contribution < -0.4 is 65.5 Å². The van der Waals surface area contributed by atoms with Crippen molar-refractivity contribution in [3.8, 4) is 0 Å². The van der Waals surface area contributed by atoms with Gasteiger partial charge in [-0.1, -0.05) is 0 Å². The van der Waals surface area contributed by atoms with Crippen LogP contribution in [0.15, 0.2) is 0 Å². The zero-order valence-electron chi connectivity index (χ0n) is 25.7. The van der Waals surface area contributed by atoms with E-state index in [4.69, 9.17) is 22.9 Å². The van der Waals surface area contributed by atoms with Crippen molar-refractivity contribution in [2.45, 2.75) is 77.8 Å². The summed E-state index contributed by atoms with van der Waals surface area (Å²) in [5.41, 5.74) is 22.0. The van der Waals surface area contributed by atoms with E-state index in [1.54, 1.807) is 0 Å². The van der Waals surface area contributed by atoms with Crippen molar-refractivity contribution in [1.29, 1.82) is 0 Å². The molecule has 0 saturated heterocycles. The zero-order valence-corrected chi connectivity index (χ0v) is 25.7. The van der Waals surface area contributed by atoms with E-state index < -0.39 is 0 Å². The quantitative estimate of drug-likeness (QED) is 0.0485. The van der Waals surface area contributed by atoms with Crippen molar-refractivity contribution in [1.82, 2.24) is 42.5 Å². The fourth-order valence-corrected chi connectivity index (χ4v) is 3.20. The Hall–Kier alpha value is -0.480. The van der Waals surface area contributed by atoms with Crippen molar-refractivity contribution < 1.29 is 0 Å². The molecule has 0 rings (SSSR count). The predicted molar refractivity (Wildman–Crippen MR) is 167 cm³/mol. The van der Waals surface area contributed by atoms with Gasteiger partial charge in [-0.2, -0.15) is 0 Å². The average molecular weight is 549 g/mol. The highest BCUT2D eigenvalue weighted by molar-refractivity contribution is 4.75. The number of hydrogen-bond donors (Lipinski definition) is 12. The summed E-state index contributed by atoms with van der Waals surface area (Å²) in [7, 11) is 0. The van der Waals surface area contributed by atoms with Gasteiger partial charge in [-0.05, 0) is 41.5 Å². The maximum Gasteiger partial charge on any atom is 0.0164 e. The Labute approximate surface area is 235 Å². The van der Waals surface area contributed by atoms with Crippen LogP contribution in [-0.4, -0.2) is 128 Å². The summed E-state index contributed by atoms with van der Waals surface area (Å²) in [4.78, 5) is 0. The topological polar surface area (TPSA) is 200 Å². The summed E-state index contributed by atoms with van der Waals surface area (Å²) >= 11 is 0. The molecule has 0 spiro atoms. The predicted octanol–water partition coefficient (Wildman–Crippen LogP) is -3.14. The summed E-state index contributed by atoms with van der Waals surface area (Å²) in [6.45, 7) is 25.4. The molecule has 38 heavy (non-hydrogen) atoms. The summed E-state index contributed by atoms with van der Waals surface area (Å²) in [6.07, 6.45) is 0. The van der Waals surface area contributed by atoms with Gasteiger partial charge in [-0.15, -0.1) is 0 Å². The van der Waals surface area contributed by atoms with Gasteiger partial charge in [0.1, 0.15) is 0 Å². The second-order valence-corrected chi connectivity index (χ2v) is 10.6. The first-order valence-corrected chi connectivity index (χ1v) is 14.8. The Morgan fingerprint density at radius 1 is 0.421 bits per heavy atom. The second kappa shape index (κ2) is 29.5. The highest BCUT2D eigenvalue weighted by Gasteiger charge is 2.09. The van der Waals surface area contributed by atoms with Crippen LogP contribution in [0.5, 0.6) is 0 Å². The van der Waals surface area contributed by atoms with Gasteiger partial charge in [-0.25, -0.2) is 0 Å². The molecule has 0 saturated carbocycles. The fourth-order valence-electron chi connectivity index (χ4n) is 3.20. The summed E-state index contributed by atoms with van der Waals surface area (Å²) in [5, 5.41) is 27.3. The smallest absolute Gasteiger partial charge is 0.0164 e. The molecule has 0 aliphatic rings. The first-order valence-electron chi connectivity index (χ1n) is 14.8. The molecule has 0 fully saturated rings. The fraction of sp³-hybridized carbons (Fsp3) is 1.00. The van der Waals surface area contributed by atoms with E-state index in [1.807, 2.05) is 6.92 Å². The molecule has 0 bridgehead atoms. The molecule has 0 aromatic carbocycles. The van der Waals surface area contributed by atoms with Crippen molar-refractivity contribution in [2.24, 2.45) is 22.9 Å². The van der Waals surface area contributed by atoms with Crippen LogP contribution in [0.4, 0.5) is 0 Å². The third-order valence-electron chi connectivity index (χ3n) is 5.83. The van der Waals surface area contributed by atoms with E-state index in [2.05, 4.69) is 77.2 Å². The standard InChI is InChI=1S/C18H45N7.C8H23N5/c1-13(20)8-21-15(3)10-23-17(5)12-25-18(6)11-24-16(4)9-22-14(2)7-19;9-1-3-11-5-7-13-8-6-12-4-2-10/h13-18,21-25H,7-12,19-20H2,1-6H3;11-13H,1-10H2. The molecule has 0 aromatic rings.